The highest BCUT2D eigenvalue weighted by Gasteiger charge is 1.98. The van der Waals surface area contributed by atoms with Gasteiger partial charge in [0.2, 0.25) is 0 Å². The van der Waals surface area contributed by atoms with Gasteiger partial charge in [-0.25, -0.2) is 0 Å². The lowest BCUT2D eigenvalue weighted by Gasteiger charge is -2.05. The van der Waals surface area contributed by atoms with Gasteiger partial charge in [0, 0.05) is 5.88 Å². The smallest absolute Gasteiger partial charge is 0.0257 e. The van der Waals surface area contributed by atoms with E-state index in [9.17, 15) is 0 Å². The molecule has 11 heavy (non-hydrogen) atoms. The van der Waals surface area contributed by atoms with Crippen molar-refractivity contribution in [3.63, 3.8) is 0 Å². The van der Waals surface area contributed by atoms with Gasteiger partial charge < -0.3 is 0 Å². The summed E-state index contributed by atoms with van der Waals surface area (Å²) in [6, 6.07) is 0. The van der Waals surface area contributed by atoms with Crippen LogP contribution in [0.2, 0.25) is 0 Å². The number of hydrogen-bond acceptors (Lipinski definition) is 2. The second kappa shape index (κ2) is 9.08. The van der Waals surface area contributed by atoms with E-state index in [0.717, 1.165) is 5.88 Å². The molecule has 0 radical (unpaired) electrons. The summed E-state index contributed by atoms with van der Waals surface area (Å²) in [5, 5.41) is 0. The lowest BCUT2D eigenvalue weighted by Crippen LogP contribution is -2.00. The second-order valence-corrected chi connectivity index (χ2v) is 5.12. The van der Waals surface area contributed by atoms with Crippen LogP contribution in [0.5, 0.6) is 0 Å². The number of hydrogen-bond donors (Lipinski definition) is 0. The predicted octanol–water partition coefficient (Wildman–Crippen LogP) is 3.35. The minimum Gasteiger partial charge on any atom is -0.165 e. The summed E-state index contributed by atoms with van der Waals surface area (Å²) in [5.41, 5.74) is 0. The molecule has 0 N–H and O–H groups in total. The summed E-state index contributed by atoms with van der Waals surface area (Å²) in [6.45, 7) is 2.20. The van der Waals surface area contributed by atoms with Gasteiger partial charge in [-0.2, -0.15) is 23.5 Å². The molecule has 0 saturated carbocycles. The molecule has 1 unspecified atom stereocenters. The molecule has 0 spiro atoms. The van der Waals surface area contributed by atoms with Crippen LogP contribution in [0.3, 0.4) is 0 Å². The van der Waals surface area contributed by atoms with Gasteiger partial charge in [0.15, 0.2) is 0 Å². The maximum absolute atomic E-state index is 5.67. The molecule has 3 heteroatoms. The fraction of sp³-hybridized carbons (Fsp3) is 1.00. The lowest BCUT2D eigenvalue weighted by atomic mass is 10.3. The molecule has 68 valence electrons. The monoisotopic (exact) mass is 212 g/mol. The van der Waals surface area contributed by atoms with E-state index >= 15 is 0 Å². The fourth-order valence-electron chi connectivity index (χ4n) is 0.634. The minimum absolute atomic E-state index is 0.677. The Kier molecular flexibility index (Phi) is 9.90. The van der Waals surface area contributed by atoms with Crippen molar-refractivity contribution in [2.75, 3.05) is 29.4 Å². The third kappa shape index (κ3) is 8.90. The Balaban J connectivity index is 2.89. The molecular weight excluding hydrogens is 196 g/mol. The average Bonchev–Trinajstić information content (AvgIpc) is 2.04. The van der Waals surface area contributed by atoms with E-state index in [-0.39, 0.29) is 0 Å². The molecule has 0 amide bonds. The van der Waals surface area contributed by atoms with Gasteiger partial charge >= 0.3 is 0 Å². The van der Waals surface area contributed by atoms with Crippen LogP contribution >= 0.6 is 35.1 Å². The Morgan fingerprint density at radius 1 is 1.36 bits per heavy atom. The normalized spacial score (nSPS) is 13.4. The summed E-state index contributed by atoms with van der Waals surface area (Å²) in [6.07, 6.45) is 3.49. The van der Waals surface area contributed by atoms with E-state index in [4.69, 9.17) is 11.6 Å². The summed E-state index contributed by atoms with van der Waals surface area (Å²) in [4.78, 5) is 0. The molecular formula is C8H17ClS2. The van der Waals surface area contributed by atoms with Crippen molar-refractivity contribution in [1.29, 1.82) is 0 Å². The summed E-state index contributed by atoms with van der Waals surface area (Å²) in [7, 11) is 0. The molecule has 0 aliphatic heterocycles. The quantitative estimate of drug-likeness (QED) is 0.469. The highest BCUT2D eigenvalue weighted by atomic mass is 35.5. The van der Waals surface area contributed by atoms with Crippen LogP contribution in [-0.4, -0.2) is 29.4 Å². The van der Waals surface area contributed by atoms with Crippen molar-refractivity contribution in [2.24, 2.45) is 5.92 Å². The number of thioether (sulfide) groups is 2. The first-order valence-electron chi connectivity index (χ1n) is 3.94. The zero-order chi connectivity index (χ0) is 8.53. The molecule has 0 aliphatic carbocycles. The summed E-state index contributed by atoms with van der Waals surface area (Å²) < 4.78 is 0. The molecule has 0 fully saturated rings. The van der Waals surface area contributed by atoms with Crippen molar-refractivity contribution in [3.05, 3.63) is 0 Å². The Morgan fingerprint density at radius 2 is 2.09 bits per heavy atom. The van der Waals surface area contributed by atoms with Crippen LogP contribution in [0.4, 0.5) is 0 Å². The van der Waals surface area contributed by atoms with Gasteiger partial charge in [-0.1, -0.05) is 6.92 Å². The van der Waals surface area contributed by atoms with E-state index in [1.807, 2.05) is 23.5 Å². The van der Waals surface area contributed by atoms with Gasteiger partial charge in [-0.3, -0.25) is 0 Å². The first-order chi connectivity index (χ1) is 5.31. The molecule has 0 bridgehead atoms. The molecule has 0 saturated heterocycles. The number of halogens is 1. The third-order valence-electron chi connectivity index (χ3n) is 1.30. The second-order valence-electron chi connectivity index (χ2n) is 2.68. The molecule has 1 atom stereocenters. The van der Waals surface area contributed by atoms with Crippen LogP contribution in [0.25, 0.3) is 0 Å². The Hall–Kier alpha value is 0.990. The SMILES string of the molecule is CSCCCSCC(C)CCl. The Labute approximate surface area is 83.8 Å². The van der Waals surface area contributed by atoms with Crippen molar-refractivity contribution in [2.45, 2.75) is 13.3 Å². The van der Waals surface area contributed by atoms with E-state index in [1.165, 1.54) is 23.7 Å². The van der Waals surface area contributed by atoms with Crippen LogP contribution < -0.4 is 0 Å². The molecule has 0 aromatic carbocycles. The molecule has 0 aromatic rings. The lowest BCUT2D eigenvalue weighted by molar-refractivity contribution is 0.758. The van der Waals surface area contributed by atoms with Crippen molar-refractivity contribution < 1.29 is 0 Å². The molecule has 0 rings (SSSR count). The third-order valence-corrected chi connectivity index (χ3v) is 3.91. The van der Waals surface area contributed by atoms with Crippen molar-refractivity contribution >= 4 is 35.1 Å². The van der Waals surface area contributed by atoms with E-state index in [1.54, 1.807) is 0 Å². The van der Waals surface area contributed by atoms with Crippen LogP contribution in [0.15, 0.2) is 0 Å². The largest absolute Gasteiger partial charge is 0.165 e. The molecule has 0 heterocycles. The topological polar surface area (TPSA) is 0 Å². The minimum atomic E-state index is 0.677. The predicted molar refractivity (Wildman–Crippen MR) is 60.2 cm³/mol. The maximum Gasteiger partial charge on any atom is 0.0257 e. The first-order valence-corrected chi connectivity index (χ1v) is 7.02. The fourth-order valence-corrected chi connectivity index (χ4v) is 2.52. The van der Waals surface area contributed by atoms with Gasteiger partial charge in [0.05, 0.1) is 0 Å². The zero-order valence-corrected chi connectivity index (χ0v) is 9.70. The Morgan fingerprint density at radius 3 is 2.64 bits per heavy atom. The van der Waals surface area contributed by atoms with Crippen LogP contribution in [0.1, 0.15) is 13.3 Å². The zero-order valence-electron chi connectivity index (χ0n) is 7.31. The van der Waals surface area contributed by atoms with E-state index < -0.39 is 0 Å². The van der Waals surface area contributed by atoms with Crippen molar-refractivity contribution in [3.8, 4) is 0 Å². The molecule has 0 aliphatic rings. The van der Waals surface area contributed by atoms with Gasteiger partial charge in [0.1, 0.15) is 0 Å². The summed E-state index contributed by atoms with van der Waals surface area (Å²) in [5.74, 6) is 5.29. The Bertz CT molecular complexity index is 78.5. The van der Waals surface area contributed by atoms with Gasteiger partial charge in [0.25, 0.3) is 0 Å². The van der Waals surface area contributed by atoms with Gasteiger partial charge in [-0.05, 0) is 35.9 Å². The van der Waals surface area contributed by atoms with Gasteiger partial charge in [-0.15, -0.1) is 11.6 Å². The maximum atomic E-state index is 5.67. The molecule has 0 aromatic heterocycles. The van der Waals surface area contributed by atoms with E-state index in [2.05, 4.69) is 13.2 Å². The highest BCUT2D eigenvalue weighted by Crippen LogP contribution is 2.11. The highest BCUT2D eigenvalue weighted by molar-refractivity contribution is 7.99. The number of alkyl halides is 1. The van der Waals surface area contributed by atoms with Crippen molar-refractivity contribution in [1.82, 2.24) is 0 Å². The average molecular weight is 213 g/mol. The van der Waals surface area contributed by atoms with Crippen LogP contribution in [0, 0.1) is 5.92 Å². The first kappa shape index (κ1) is 12.0. The summed E-state index contributed by atoms with van der Waals surface area (Å²) >= 11 is 9.63. The molecule has 0 nitrogen and oxygen atoms in total. The van der Waals surface area contributed by atoms with Crippen LogP contribution in [-0.2, 0) is 0 Å². The standard InChI is InChI=1S/C8H17ClS2/c1-8(6-9)7-11-5-3-4-10-2/h8H,3-7H2,1-2H3. The van der Waals surface area contributed by atoms with E-state index in [0.29, 0.717) is 5.92 Å². The number of rotatable bonds is 7.